The largest absolute Gasteiger partial charge is 0.336 e. The number of benzene rings is 2. The van der Waals surface area contributed by atoms with Crippen LogP contribution in [0, 0.1) is 32.5 Å². The number of nitrogens with zero attached hydrogens (tertiary/aromatic N) is 1. The summed E-state index contributed by atoms with van der Waals surface area (Å²) in [5.41, 5.74) is 3.54. The fourth-order valence-corrected chi connectivity index (χ4v) is 3.45. The minimum absolute atomic E-state index is 0.0918. The van der Waals surface area contributed by atoms with Crippen LogP contribution in [0.2, 0.25) is 5.02 Å². The van der Waals surface area contributed by atoms with E-state index in [1.165, 1.54) is 12.1 Å². The van der Waals surface area contributed by atoms with E-state index in [-0.39, 0.29) is 17.3 Å². The lowest BCUT2D eigenvalue weighted by atomic mass is 10.0. The topological polar surface area (TPSA) is 78.5 Å². The highest BCUT2D eigenvalue weighted by molar-refractivity contribution is 6.31. The second kappa shape index (κ2) is 7.59. The number of halogens is 2. The predicted molar refractivity (Wildman–Crippen MR) is 105 cm³/mol. The van der Waals surface area contributed by atoms with Crippen molar-refractivity contribution in [1.29, 1.82) is 0 Å². The number of amides is 4. The summed E-state index contributed by atoms with van der Waals surface area (Å²) in [6, 6.07) is 6.65. The molecule has 1 heterocycles. The van der Waals surface area contributed by atoms with Gasteiger partial charge in [0, 0.05) is 12.2 Å². The molecule has 1 aliphatic rings. The molecule has 1 atom stereocenters. The lowest BCUT2D eigenvalue weighted by Crippen LogP contribution is -2.58. The number of imide groups is 1. The van der Waals surface area contributed by atoms with Crippen molar-refractivity contribution < 1.29 is 18.8 Å². The van der Waals surface area contributed by atoms with E-state index in [0.29, 0.717) is 5.69 Å². The van der Waals surface area contributed by atoms with Crippen molar-refractivity contribution in [3.05, 3.63) is 57.9 Å². The van der Waals surface area contributed by atoms with E-state index >= 15 is 0 Å². The molecule has 146 valence electrons. The van der Waals surface area contributed by atoms with Crippen LogP contribution >= 0.6 is 11.6 Å². The first-order valence-electron chi connectivity index (χ1n) is 8.64. The summed E-state index contributed by atoms with van der Waals surface area (Å²) in [6.07, 6.45) is 0. The van der Waals surface area contributed by atoms with Crippen LogP contribution in [0.4, 0.5) is 20.6 Å². The Labute approximate surface area is 166 Å². The van der Waals surface area contributed by atoms with Crippen molar-refractivity contribution in [1.82, 2.24) is 5.32 Å². The molecule has 0 saturated carbocycles. The fourth-order valence-electron chi connectivity index (χ4n) is 3.27. The van der Waals surface area contributed by atoms with Gasteiger partial charge < -0.3 is 10.6 Å². The van der Waals surface area contributed by atoms with Gasteiger partial charge in [0.25, 0.3) is 0 Å². The van der Waals surface area contributed by atoms with E-state index in [1.54, 1.807) is 0 Å². The summed E-state index contributed by atoms with van der Waals surface area (Å²) in [5, 5.41) is 5.08. The van der Waals surface area contributed by atoms with Gasteiger partial charge in [0.15, 0.2) is 0 Å². The smallest absolute Gasteiger partial charge is 0.328 e. The molecule has 2 aromatic rings. The summed E-state index contributed by atoms with van der Waals surface area (Å²) < 4.78 is 13.4. The Balaban J connectivity index is 1.86. The van der Waals surface area contributed by atoms with Gasteiger partial charge in [-0.1, -0.05) is 29.3 Å². The van der Waals surface area contributed by atoms with E-state index in [9.17, 15) is 18.8 Å². The molecule has 8 heteroatoms. The van der Waals surface area contributed by atoms with Crippen LogP contribution in [-0.2, 0) is 9.59 Å². The van der Waals surface area contributed by atoms with E-state index in [1.807, 2.05) is 32.9 Å². The molecule has 0 aromatic heterocycles. The average molecular weight is 404 g/mol. The molecule has 6 nitrogen and oxygen atoms in total. The summed E-state index contributed by atoms with van der Waals surface area (Å²) in [7, 11) is 0. The molecule has 1 aliphatic heterocycles. The number of carbonyl (C=O) groups excluding carboxylic acids is 3. The Hall–Kier alpha value is -2.93. The highest BCUT2D eigenvalue weighted by Crippen LogP contribution is 2.27. The number of hydrogen-bond donors (Lipinski definition) is 2. The van der Waals surface area contributed by atoms with Crippen molar-refractivity contribution >= 4 is 40.8 Å². The SMILES string of the molecule is Cc1cc(C)c(NC(=O)C2CNC(=O)N(c3ccc(F)c(Cl)c3)C2=O)c(C)c1. The van der Waals surface area contributed by atoms with Crippen LogP contribution in [-0.4, -0.2) is 24.4 Å². The van der Waals surface area contributed by atoms with E-state index in [4.69, 9.17) is 11.6 Å². The third-order valence-electron chi connectivity index (χ3n) is 4.58. The van der Waals surface area contributed by atoms with Crippen molar-refractivity contribution in [2.45, 2.75) is 20.8 Å². The molecule has 1 fully saturated rings. The molecule has 0 aliphatic carbocycles. The van der Waals surface area contributed by atoms with Gasteiger partial charge in [-0.2, -0.15) is 0 Å². The van der Waals surface area contributed by atoms with E-state index in [2.05, 4.69) is 10.6 Å². The summed E-state index contributed by atoms with van der Waals surface area (Å²) in [5.74, 6) is -3.03. The van der Waals surface area contributed by atoms with Gasteiger partial charge in [0.2, 0.25) is 11.8 Å². The average Bonchev–Trinajstić information content (AvgIpc) is 2.61. The first kappa shape index (κ1) is 19.8. The van der Waals surface area contributed by atoms with Gasteiger partial charge in [0.05, 0.1) is 10.7 Å². The molecule has 1 saturated heterocycles. The van der Waals surface area contributed by atoms with Gasteiger partial charge in [0.1, 0.15) is 11.7 Å². The van der Waals surface area contributed by atoms with Crippen LogP contribution in [0.25, 0.3) is 0 Å². The second-order valence-corrected chi connectivity index (χ2v) is 7.18. The van der Waals surface area contributed by atoms with Gasteiger partial charge in [-0.15, -0.1) is 0 Å². The molecule has 4 amide bonds. The lowest BCUT2D eigenvalue weighted by molar-refractivity contribution is -0.130. The zero-order valence-corrected chi connectivity index (χ0v) is 16.4. The monoisotopic (exact) mass is 403 g/mol. The highest BCUT2D eigenvalue weighted by atomic mass is 35.5. The van der Waals surface area contributed by atoms with Gasteiger partial charge in [-0.05, 0) is 50.1 Å². The van der Waals surface area contributed by atoms with Crippen molar-refractivity contribution in [3.8, 4) is 0 Å². The molecule has 0 spiro atoms. The number of anilines is 2. The van der Waals surface area contributed by atoms with Gasteiger partial charge in [-0.25, -0.2) is 14.1 Å². The summed E-state index contributed by atoms with van der Waals surface area (Å²) in [6.45, 7) is 5.57. The van der Waals surface area contributed by atoms with Crippen LogP contribution in [0.5, 0.6) is 0 Å². The molecule has 2 aromatic carbocycles. The Morgan fingerprint density at radius 2 is 1.82 bits per heavy atom. The first-order chi connectivity index (χ1) is 13.2. The Kier molecular flexibility index (Phi) is 5.38. The Bertz CT molecular complexity index is 970. The molecule has 3 rings (SSSR count). The van der Waals surface area contributed by atoms with Crippen LogP contribution in [0.15, 0.2) is 30.3 Å². The number of hydrogen-bond acceptors (Lipinski definition) is 3. The molecule has 2 N–H and O–H groups in total. The number of nitrogens with one attached hydrogen (secondary N) is 2. The molecule has 0 radical (unpaired) electrons. The van der Waals surface area contributed by atoms with E-state index < -0.39 is 29.6 Å². The molecule has 1 unspecified atom stereocenters. The maximum Gasteiger partial charge on any atom is 0.328 e. The fraction of sp³-hybridized carbons (Fsp3) is 0.250. The van der Waals surface area contributed by atoms with Crippen molar-refractivity contribution in [3.63, 3.8) is 0 Å². The predicted octanol–water partition coefficient (Wildman–Crippen LogP) is 3.72. The van der Waals surface area contributed by atoms with Crippen molar-refractivity contribution in [2.75, 3.05) is 16.8 Å². The van der Waals surface area contributed by atoms with Gasteiger partial charge in [-0.3, -0.25) is 9.59 Å². The lowest BCUT2D eigenvalue weighted by Gasteiger charge is -2.31. The van der Waals surface area contributed by atoms with Gasteiger partial charge >= 0.3 is 6.03 Å². The zero-order valence-electron chi connectivity index (χ0n) is 15.6. The van der Waals surface area contributed by atoms with Crippen LogP contribution < -0.4 is 15.5 Å². The van der Waals surface area contributed by atoms with Crippen LogP contribution in [0.3, 0.4) is 0 Å². The number of urea groups is 1. The first-order valence-corrected chi connectivity index (χ1v) is 9.02. The Morgan fingerprint density at radius 3 is 2.43 bits per heavy atom. The standard InChI is InChI=1S/C20H19ClFN3O3/c1-10-6-11(2)17(12(3)7-10)24-18(26)14-9-23-20(28)25(19(14)27)13-4-5-16(22)15(21)8-13/h4-8,14H,9H2,1-3H3,(H,23,28)(H,24,26). The minimum atomic E-state index is -1.12. The molecular weight excluding hydrogens is 385 g/mol. The third-order valence-corrected chi connectivity index (χ3v) is 4.87. The maximum absolute atomic E-state index is 13.4. The number of rotatable bonds is 3. The minimum Gasteiger partial charge on any atom is -0.336 e. The molecule has 28 heavy (non-hydrogen) atoms. The quantitative estimate of drug-likeness (QED) is 0.767. The van der Waals surface area contributed by atoms with Crippen LogP contribution in [0.1, 0.15) is 16.7 Å². The number of aryl methyl sites for hydroxylation is 3. The third kappa shape index (κ3) is 3.71. The maximum atomic E-state index is 13.4. The highest BCUT2D eigenvalue weighted by Gasteiger charge is 2.39. The zero-order chi connectivity index (χ0) is 20.6. The second-order valence-electron chi connectivity index (χ2n) is 6.77. The Morgan fingerprint density at radius 1 is 1.18 bits per heavy atom. The summed E-state index contributed by atoms with van der Waals surface area (Å²) in [4.78, 5) is 38.6. The van der Waals surface area contributed by atoms with E-state index in [0.717, 1.165) is 27.7 Å². The number of carbonyl (C=O) groups is 3. The van der Waals surface area contributed by atoms with Crippen molar-refractivity contribution in [2.24, 2.45) is 5.92 Å². The summed E-state index contributed by atoms with van der Waals surface area (Å²) >= 11 is 5.76. The normalized spacial score (nSPS) is 16.8. The molecular formula is C20H19ClFN3O3. The molecule has 0 bridgehead atoms.